The number of carbonyl (C=O) groups is 1. The summed E-state index contributed by atoms with van der Waals surface area (Å²) < 4.78 is 26.5. The Morgan fingerprint density at radius 1 is 1.48 bits per heavy atom. The Kier molecular flexibility index (Phi) is 4.69. The normalized spacial score (nSPS) is 23.8. The average Bonchev–Trinajstić information content (AvgIpc) is 2.95. The van der Waals surface area contributed by atoms with Gasteiger partial charge in [0.05, 0.1) is 6.10 Å². The molecule has 1 aromatic rings. The molecule has 0 bridgehead atoms. The quantitative estimate of drug-likeness (QED) is 0.794. The molecule has 7 nitrogen and oxygen atoms in total. The van der Waals surface area contributed by atoms with E-state index in [9.17, 15) is 18.3 Å². The Morgan fingerprint density at radius 3 is 2.67 bits per heavy atom. The van der Waals surface area contributed by atoms with Crippen molar-refractivity contribution in [3.8, 4) is 0 Å². The zero-order valence-electron chi connectivity index (χ0n) is 11.8. The van der Waals surface area contributed by atoms with Crippen LogP contribution in [0.2, 0.25) is 0 Å². The number of likely N-dealkylation sites (N-methyl/N-ethyl adjacent to an activating group) is 1. The predicted molar refractivity (Wildman–Crippen MR) is 78.1 cm³/mol. The average molecular weight is 334 g/mol. The van der Waals surface area contributed by atoms with Gasteiger partial charge >= 0.3 is 5.97 Å². The molecule has 0 aromatic carbocycles. The van der Waals surface area contributed by atoms with Crippen molar-refractivity contribution in [2.45, 2.75) is 22.8 Å². The number of β-amino-alcohol motifs (C(OH)–C–C–N with tert-alkyl or cyclic N) is 1. The molecular formula is C12H18N2O5S2. The predicted octanol–water partition coefficient (Wildman–Crippen LogP) is 0.132. The molecule has 2 N–H and O–H groups in total. The Hall–Kier alpha value is -1.00. The molecule has 1 saturated heterocycles. The summed E-state index contributed by atoms with van der Waals surface area (Å²) in [5, 5.41) is 18.7. The maximum atomic E-state index is 12.6. The van der Waals surface area contributed by atoms with Gasteiger partial charge in [0.1, 0.15) is 9.09 Å². The van der Waals surface area contributed by atoms with Crippen LogP contribution < -0.4 is 0 Å². The van der Waals surface area contributed by atoms with Gasteiger partial charge in [-0.25, -0.2) is 13.2 Å². The number of aliphatic hydroxyl groups is 1. The molecule has 1 aliphatic heterocycles. The van der Waals surface area contributed by atoms with E-state index in [2.05, 4.69) is 0 Å². The van der Waals surface area contributed by atoms with Crippen LogP contribution in [-0.2, 0) is 10.0 Å². The van der Waals surface area contributed by atoms with E-state index in [1.54, 1.807) is 0 Å². The molecule has 2 unspecified atom stereocenters. The summed E-state index contributed by atoms with van der Waals surface area (Å²) in [6.45, 7) is 0.550. The van der Waals surface area contributed by atoms with Gasteiger partial charge in [0.2, 0.25) is 0 Å². The third kappa shape index (κ3) is 3.43. The highest BCUT2D eigenvalue weighted by molar-refractivity contribution is 7.91. The van der Waals surface area contributed by atoms with Gasteiger partial charge < -0.3 is 15.1 Å². The largest absolute Gasteiger partial charge is 0.477 e. The van der Waals surface area contributed by atoms with E-state index in [-0.39, 0.29) is 21.7 Å². The number of hydrogen-bond acceptors (Lipinski definition) is 6. The standard InChI is InChI=1S/C12H18N2O5S2/c1-13(2)6-8-5-9(15)7-14(8)21(18,19)11-4-3-10(20-11)12(16)17/h3-4,8-9,15H,5-7H2,1-2H3,(H,16,17). The molecule has 2 heterocycles. The molecular weight excluding hydrogens is 316 g/mol. The van der Waals surface area contributed by atoms with Crippen LogP contribution in [0.5, 0.6) is 0 Å². The first-order valence-corrected chi connectivity index (χ1v) is 8.65. The van der Waals surface area contributed by atoms with Gasteiger partial charge in [-0.2, -0.15) is 4.31 Å². The van der Waals surface area contributed by atoms with Gasteiger partial charge in [0.25, 0.3) is 10.0 Å². The molecule has 0 saturated carbocycles. The summed E-state index contributed by atoms with van der Waals surface area (Å²) in [6.07, 6.45) is -0.308. The lowest BCUT2D eigenvalue weighted by molar-refractivity contribution is 0.0702. The minimum absolute atomic E-state index is 0.00208. The van der Waals surface area contributed by atoms with Crippen LogP contribution in [0.3, 0.4) is 0 Å². The van der Waals surface area contributed by atoms with Crippen LogP contribution in [0.4, 0.5) is 0 Å². The third-order valence-electron chi connectivity index (χ3n) is 3.27. The van der Waals surface area contributed by atoms with Gasteiger partial charge in [0, 0.05) is 19.1 Å². The van der Waals surface area contributed by atoms with Crippen LogP contribution in [-0.4, -0.2) is 73.1 Å². The minimum Gasteiger partial charge on any atom is -0.477 e. The second-order valence-corrected chi connectivity index (χ2v) is 8.51. The summed E-state index contributed by atoms with van der Waals surface area (Å²) in [7, 11) is -0.104. The van der Waals surface area contributed by atoms with E-state index in [0.717, 1.165) is 11.3 Å². The fourth-order valence-corrected chi connectivity index (χ4v) is 5.37. The van der Waals surface area contributed by atoms with E-state index >= 15 is 0 Å². The first kappa shape index (κ1) is 16.4. The van der Waals surface area contributed by atoms with Crippen molar-refractivity contribution in [1.29, 1.82) is 0 Å². The SMILES string of the molecule is CN(C)CC1CC(O)CN1S(=O)(=O)c1ccc(C(=O)O)s1. The van der Waals surface area contributed by atoms with E-state index < -0.39 is 22.1 Å². The molecule has 0 radical (unpaired) electrons. The third-order valence-corrected chi connectivity index (χ3v) is 6.73. The van der Waals surface area contributed by atoms with E-state index in [1.165, 1.54) is 16.4 Å². The second kappa shape index (κ2) is 6.01. The molecule has 2 atom stereocenters. The van der Waals surface area contributed by atoms with Crippen molar-refractivity contribution >= 4 is 27.3 Å². The van der Waals surface area contributed by atoms with Crippen LogP contribution in [0.15, 0.2) is 16.3 Å². The molecule has 0 spiro atoms. The Labute approximate surface area is 127 Å². The molecule has 1 fully saturated rings. The number of carboxylic acid groups (broad SMARTS) is 1. The molecule has 118 valence electrons. The van der Waals surface area contributed by atoms with Gasteiger partial charge in [-0.1, -0.05) is 0 Å². The van der Waals surface area contributed by atoms with Crippen molar-refractivity contribution in [2.24, 2.45) is 0 Å². The Bertz CT molecular complexity index is 625. The summed E-state index contributed by atoms with van der Waals surface area (Å²) in [5.74, 6) is -1.15. The Morgan fingerprint density at radius 2 is 2.14 bits per heavy atom. The van der Waals surface area contributed by atoms with Crippen LogP contribution in [0, 0.1) is 0 Å². The van der Waals surface area contributed by atoms with Crippen molar-refractivity contribution in [2.75, 3.05) is 27.2 Å². The van der Waals surface area contributed by atoms with Crippen LogP contribution in [0.1, 0.15) is 16.1 Å². The zero-order chi connectivity index (χ0) is 15.8. The Balaban J connectivity index is 2.30. The highest BCUT2D eigenvalue weighted by Gasteiger charge is 2.40. The molecule has 0 amide bonds. The number of hydrogen-bond donors (Lipinski definition) is 2. The minimum atomic E-state index is -3.78. The molecule has 0 aliphatic carbocycles. The van der Waals surface area contributed by atoms with Crippen molar-refractivity contribution in [1.82, 2.24) is 9.21 Å². The summed E-state index contributed by atoms with van der Waals surface area (Å²) in [5.41, 5.74) is 0. The fourth-order valence-electron chi connectivity index (χ4n) is 2.43. The van der Waals surface area contributed by atoms with Crippen LogP contribution in [0.25, 0.3) is 0 Å². The lowest BCUT2D eigenvalue weighted by Gasteiger charge is -2.25. The number of nitrogens with zero attached hydrogens (tertiary/aromatic N) is 2. The van der Waals surface area contributed by atoms with Gasteiger partial charge in [0.15, 0.2) is 0 Å². The summed E-state index contributed by atoms with van der Waals surface area (Å²) in [6, 6.07) is 2.28. The zero-order valence-corrected chi connectivity index (χ0v) is 13.4. The van der Waals surface area contributed by atoms with Crippen molar-refractivity contribution < 1.29 is 23.4 Å². The lowest BCUT2D eigenvalue weighted by atomic mass is 10.2. The monoisotopic (exact) mass is 334 g/mol. The molecule has 21 heavy (non-hydrogen) atoms. The van der Waals surface area contributed by atoms with E-state index in [0.29, 0.717) is 13.0 Å². The smallest absolute Gasteiger partial charge is 0.345 e. The highest BCUT2D eigenvalue weighted by Crippen LogP contribution is 2.30. The number of rotatable bonds is 5. The second-order valence-electron chi connectivity index (χ2n) is 5.30. The van der Waals surface area contributed by atoms with Gasteiger partial charge in [-0.3, -0.25) is 0 Å². The highest BCUT2D eigenvalue weighted by atomic mass is 32.2. The summed E-state index contributed by atoms with van der Waals surface area (Å²) in [4.78, 5) is 12.7. The van der Waals surface area contributed by atoms with Crippen LogP contribution >= 0.6 is 11.3 Å². The number of sulfonamides is 1. The number of aliphatic hydroxyl groups excluding tert-OH is 1. The number of carboxylic acids is 1. The fraction of sp³-hybridized carbons (Fsp3) is 0.583. The molecule has 1 aliphatic rings. The van der Waals surface area contributed by atoms with E-state index in [1.807, 2.05) is 19.0 Å². The summed E-state index contributed by atoms with van der Waals surface area (Å²) >= 11 is 0.733. The van der Waals surface area contributed by atoms with Crippen molar-refractivity contribution in [3.05, 3.63) is 17.0 Å². The molecule has 2 rings (SSSR count). The van der Waals surface area contributed by atoms with Gasteiger partial charge in [-0.05, 0) is 32.6 Å². The van der Waals surface area contributed by atoms with E-state index in [4.69, 9.17) is 5.11 Å². The number of thiophene rings is 1. The van der Waals surface area contributed by atoms with Crippen molar-refractivity contribution in [3.63, 3.8) is 0 Å². The number of aromatic carboxylic acids is 1. The first-order chi connectivity index (χ1) is 9.71. The lowest BCUT2D eigenvalue weighted by Crippen LogP contribution is -2.41. The maximum Gasteiger partial charge on any atom is 0.345 e. The molecule has 1 aromatic heterocycles. The first-order valence-electron chi connectivity index (χ1n) is 6.39. The van der Waals surface area contributed by atoms with Gasteiger partial charge in [-0.15, -0.1) is 11.3 Å². The molecule has 9 heteroatoms. The maximum absolute atomic E-state index is 12.6. The topological polar surface area (TPSA) is 98.2 Å².